The van der Waals surface area contributed by atoms with E-state index < -0.39 is 0 Å². The summed E-state index contributed by atoms with van der Waals surface area (Å²) in [6.07, 6.45) is 12.8. The number of fused-ring (bicyclic) bond motifs is 1. The van der Waals surface area contributed by atoms with Crippen LogP contribution in [0.3, 0.4) is 0 Å². The molecule has 6 heteroatoms. The van der Waals surface area contributed by atoms with Crippen molar-refractivity contribution in [2.24, 2.45) is 4.99 Å². The van der Waals surface area contributed by atoms with Gasteiger partial charge in [0, 0.05) is 44.1 Å². The minimum absolute atomic E-state index is 0.724. The summed E-state index contributed by atoms with van der Waals surface area (Å²) >= 11 is 1.42. The van der Waals surface area contributed by atoms with E-state index in [0.717, 1.165) is 45.6 Å². The first-order valence-corrected chi connectivity index (χ1v) is 10.4. The Hall–Kier alpha value is -2.47. The molecule has 0 radical (unpaired) electrons. The van der Waals surface area contributed by atoms with Gasteiger partial charge in [0.2, 0.25) is 0 Å². The number of thiophene rings is 1. The van der Waals surface area contributed by atoms with Crippen LogP contribution in [-0.4, -0.2) is 38.8 Å². The highest BCUT2D eigenvalue weighted by molar-refractivity contribution is 7.20. The van der Waals surface area contributed by atoms with E-state index >= 15 is 0 Å². The van der Waals surface area contributed by atoms with Crippen molar-refractivity contribution >= 4 is 39.9 Å². The van der Waals surface area contributed by atoms with Gasteiger partial charge in [-0.1, -0.05) is 39.8 Å². The molecule has 0 saturated carbocycles. The number of aromatic nitrogens is 1. The monoisotopic (exact) mass is 402 g/mol. The van der Waals surface area contributed by atoms with E-state index in [1.807, 2.05) is 45.0 Å². The zero-order valence-corrected chi connectivity index (χ0v) is 19.0. The summed E-state index contributed by atoms with van der Waals surface area (Å²) in [6, 6.07) is 3.83. The van der Waals surface area contributed by atoms with Crippen molar-refractivity contribution in [1.82, 2.24) is 10.3 Å². The van der Waals surface area contributed by atoms with Gasteiger partial charge < -0.3 is 10.2 Å². The van der Waals surface area contributed by atoms with Crippen LogP contribution in [0.15, 0.2) is 47.2 Å². The normalized spacial score (nSPS) is 11.0. The molecule has 154 valence electrons. The highest BCUT2D eigenvalue weighted by atomic mass is 32.1. The second-order valence-corrected chi connectivity index (χ2v) is 6.68. The van der Waals surface area contributed by atoms with Crippen LogP contribution in [0.1, 0.15) is 50.2 Å². The van der Waals surface area contributed by atoms with Crippen LogP contribution < -0.4 is 10.2 Å². The summed E-state index contributed by atoms with van der Waals surface area (Å²) in [7, 11) is 5.71. The van der Waals surface area contributed by atoms with Crippen molar-refractivity contribution in [3.63, 3.8) is 0 Å². The topological polar surface area (TPSA) is 57.6 Å². The Morgan fingerprint density at radius 3 is 2.54 bits per heavy atom. The number of aldehydes is 1. The number of hydrogen-bond donors (Lipinski definition) is 1. The Bertz CT molecular complexity index is 776. The van der Waals surface area contributed by atoms with Crippen LogP contribution in [0.2, 0.25) is 0 Å². The van der Waals surface area contributed by atoms with Crippen LogP contribution >= 0.6 is 11.3 Å². The van der Waals surface area contributed by atoms with Crippen molar-refractivity contribution in [1.29, 1.82) is 0 Å². The fourth-order valence-corrected chi connectivity index (χ4v) is 3.01. The molecular weight excluding hydrogens is 368 g/mol. The average molecular weight is 403 g/mol. The zero-order valence-electron chi connectivity index (χ0n) is 18.2. The summed E-state index contributed by atoms with van der Waals surface area (Å²) in [5, 5.41) is 4.13. The van der Waals surface area contributed by atoms with Gasteiger partial charge in [-0.15, -0.1) is 11.3 Å². The molecule has 2 heterocycles. The van der Waals surface area contributed by atoms with Crippen LogP contribution in [0.25, 0.3) is 10.2 Å². The molecule has 0 spiro atoms. The molecule has 2 aromatic rings. The fraction of sp³-hybridized carbons (Fsp3) is 0.409. The van der Waals surface area contributed by atoms with Gasteiger partial charge in [-0.25, -0.2) is 4.98 Å². The first-order valence-electron chi connectivity index (χ1n) is 9.62. The number of nitrogens with zero attached hydrogens (tertiary/aromatic N) is 3. The van der Waals surface area contributed by atoms with Crippen LogP contribution in [0, 0.1) is 0 Å². The molecule has 5 nitrogen and oxygen atoms in total. The quantitative estimate of drug-likeness (QED) is 0.279. The first kappa shape index (κ1) is 25.5. The summed E-state index contributed by atoms with van der Waals surface area (Å²) < 4.78 is 0. The van der Waals surface area contributed by atoms with E-state index in [-0.39, 0.29) is 0 Å². The molecule has 28 heavy (non-hydrogen) atoms. The molecule has 0 aliphatic heterocycles. The Morgan fingerprint density at radius 1 is 1.29 bits per heavy atom. The summed E-state index contributed by atoms with van der Waals surface area (Å²) in [5.41, 5.74) is 2.21. The number of aliphatic imine (C=N–C) groups is 1. The molecular formula is C22H34N4OS. The Kier molecular flexibility index (Phi) is 14.2. The molecule has 2 rings (SSSR count). The van der Waals surface area contributed by atoms with Crippen molar-refractivity contribution in [2.45, 2.75) is 40.5 Å². The molecule has 0 bridgehead atoms. The third-order valence-corrected chi connectivity index (χ3v) is 4.32. The van der Waals surface area contributed by atoms with Crippen molar-refractivity contribution < 1.29 is 4.79 Å². The maximum absolute atomic E-state index is 10.6. The average Bonchev–Trinajstić information content (AvgIpc) is 3.15. The predicted molar refractivity (Wildman–Crippen MR) is 126 cm³/mol. The van der Waals surface area contributed by atoms with Crippen molar-refractivity contribution in [3.8, 4) is 0 Å². The molecule has 0 aliphatic rings. The smallest absolute Gasteiger partial charge is 0.160 e. The number of anilines is 1. The van der Waals surface area contributed by atoms with Crippen molar-refractivity contribution in [2.75, 3.05) is 26.0 Å². The standard InChI is InChI=1S/C10H10N2OS.C10H18N2.C2H6/c1-12(2)9-3-4-11-10-8(9)5-7(6-13)14-10;1-4-6-8-10(7-5-2)12-9-11-3;1-2/h3-6H,1-2H3;6-9H,4-5H2,1-3H3,(H,11,12);1-2H3/b;8-6-,10-7+;. The second-order valence-electron chi connectivity index (χ2n) is 5.62. The van der Waals surface area contributed by atoms with E-state index in [2.05, 4.69) is 47.4 Å². The third kappa shape index (κ3) is 8.95. The minimum Gasteiger partial charge on any atom is -0.377 e. The molecule has 0 fully saturated rings. The number of carbonyl (C=O) groups excluding carboxylic acids is 1. The predicted octanol–water partition coefficient (Wildman–Crippen LogP) is 5.70. The van der Waals surface area contributed by atoms with Gasteiger partial charge in [0.15, 0.2) is 6.29 Å². The van der Waals surface area contributed by atoms with Gasteiger partial charge in [0.1, 0.15) is 4.83 Å². The maximum atomic E-state index is 10.6. The van der Waals surface area contributed by atoms with Gasteiger partial charge in [0.05, 0.1) is 11.2 Å². The van der Waals surface area contributed by atoms with E-state index in [9.17, 15) is 4.79 Å². The lowest BCUT2D eigenvalue weighted by Gasteiger charge is -2.12. The molecule has 0 amide bonds. The fourth-order valence-electron chi connectivity index (χ4n) is 2.17. The largest absolute Gasteiger partial charge is 0.377 e. The highest BCUT2D eigenvalue weighted by Crippen LogP contribution is 2.29. The summed E-state index contributed by atoms with van der Waals surface area (Å²) in [6.45, 7) is 8.23. The number of carbonyl (C=O) groups is 1. The number of allylic oxidation sites excluding steroid dienone is 3. The number of rotatable bonds is 7. The lowest BCUT2D eigenvalue weighted by atomic mass is 10.2. The van der Waals surface area contributed by atoms with E-state index in [0.29, 0.717) is 0 Å². The lowest BCUT2D eigenvalue weighted by Crippen LogP contribution is -2.08. The van der Waals surface area contributed by atoms with Gasteiger partial charge >= 0.3 is 0 Å². The highest BCUT2D eigenvalue weighted by Gasteiger charge is 2.07. The van der Waals surface area contributed by atoms with E-state index in [1.54, 1.807) is 19.6 Å². The third-order valence-electron chi connectivity index (χ3n) is 3.35. The molecule has 0 aliphatic carbocycles. The van der Waals surface area contributed by atoms with Crippen LogP contribution in [0.4, 0.5) is 5.69 Å². The van der Waals surface area contributed by atoms with E-state index in [4.69, 9.17) is 0 Å². The van der Waals surface area contributed by atoms with E-state index in [1.165, 1.54) is 11.3 Å². The van der Waals surface area contributed by atoms with Gasteiger partial charge in [-0.05, 0) is 31.1 Å². The molecule has 0 atom stereocenters. The molecule has 2 aromatic heterocycles. The summed E-state index contributed by atoms with van der Waals surface area (Å²) in [4.78, 5) is 22.4. The molecule has 1 N–H and O–H groups in total. The first-order chi connectivity index (χ1) is 13.6. The zero-order chi connectivity index (χ0) is 21.4. The van der Waals surface area contributed by atoms with Gasteiger partial charge in [0.25, 0.3) is 0 Å². The Morgan fingerprint density at radius 2 is 2.00 bits per heavy atom. The molecule has 0 unspecified atom stereocenters. The minimum atomic E-state index is 0.724. The second kappa shape index (κ2) is 15.6. The van der Waals surface area contributed by atoms with Crippen LogP contribution in [0.5, 0.6) is 0 Å². The maximum Gasteiger partial charge on any atom is 0.160 e. The van der Waals surface area contributed by atoms with Crippen molar-refractivity contribution in [3.05, 3.63) is 47.1 Å². The Balaban J connectivity index is 0.000000485. The van der Waals surface area contributed by atoms with Gasteiger partial charge in [-0.3, -0.25) is 9.79 Å². The number of hydrogen-bond acceptors (Lipinski definition) is 5. The van der Waals surface area contributed by atoms with Crippen LogP contribution in [-0.2, 0) is 0 Å². The Labute approximate surface area is 173 Å². The lowest BCUT2D eigenvalue weighted by molar-refractivity contribution is 0.112. The summed E-state index contributed by atoms with van der Waals surface area (Å²) in [5.74, 6) is 0. The van der Waals surface area contributed by atoms with Gasteiger partial charge in [-0.2, -0.15) is 0 Å². The SMILES string of the molecule is CC.CC/C=C\C(=C/CC)NC=NC.CN(C)c1ccnc2sc(C=O)cc12. The molecule has 0 saturated heterocycles. The number of nitrogens with one attached hydrogen (secondary N) is 1. The number of pyridine rings is 1. The molecule has 0 aromatic carbocycles.